The smallest absolute Gasteiger partial charge is 0.163 e. The summed E-state index contributed by atoms with van der Waals surface area (Å²) in [5, 5.41) is 0. The van der Waals surface area contributed by atoms with Crippen LogP contribution in [0.5, 0.6) is 0 Å². The van der Waals surface area contributed by atoms with Crippen LogP contribution in [0.15, 0.2) is 0 Å². The van der Waals surface area contributed by atoms with Crippen LogP contribution in [0.1, 0.15) is 72.6 Å². The molecule has 0 spiro atoms. The van der Waals surface area contributed by atoms with E-state index in [1.54, 1.807) is 0 Å². The van der Waals surface area contributed by atoms with Gasteiger partial charge in [0.05, 0.1) is 13.2 Å². The molecule has 0 aliphatic carbocycles. The van der Waals surface area contributed by atoms with Crippen LogP contribution in [0, 0.1) is 0 Å². The van der Waals surface area contributed by atoms with Crippen LogP contribution in [-0.2, 0) is 14.2 Å². The average molecular weight is 272 g/mol. The van der Waals surface area contributed by atoms with Crippen LogP contribution in [0.25, 0.3) is 0 Å². The molecule has 114 valence electrons. The molecule has 1 atom stereocenters. The zero-order chi connectivity index (χ0) is 14.2. The van der Waals surface area contributed by atoms with Crippen LogP contribution >= 0.6 is 0 Å². The number of hydrogen-bond acceptors (Lipinski definition) is 3. The van der Waals surface area contributed by atoms with Crippen LogP contribution < -0.4 is 0 Å². The zero-order valence-corrected chi connectivity index (χ0v) is 13.3. The Morgan fingerprint density at radius 2 is 1.68 bits per heavy atom. The Bertz CT molecular complexity index is 240. The molecule has 0 amide bonds. The molecule has 0 aromatic carbocycles. The second kappa shape index (κ2) is 8.23. The summed E-state index contributed by atoms with van der Waals surface area (Å²) in [6, 6.07) is 0. The van der Waals surface area contributed by atoms with Gasteiger partial charge < -0.3 is 14.2 Å². The van der Waals surface area contributed by atoms with Gasteiger partial charge in [-0.1, -0.05) is 46.0 Å². The first kappa shape index (κ1) is 16.9. The van der Waals surface area contributed by atoms with E-state index >= 15 is 0 Å². The highest BCUT2D eigenvalue weighted by Crippen LogP contribution is 2.35. The summed E-state index contributed by atoms with van der Waals surface area (Å²) < 4.78 is 17.7. The van der Waals surface area contributed by atoms with Crippen molar-refractivity contribution in [2.45, 2.75) is 84.0 Å². The van der Waals surface area contributed by atoms with Gasteiger partial charge in [0.1, 0.15) is 5.60 Å². The van der Waals surface area contributed by atoms with E-state index in [0.29, 0.717) is 13.2 Å². The van der Waals surface area contributed by atoms with E-state index < -0.39 is 5.79 Å². The first-order valence-corrected chi connectivity index (χ1v) is 7.95. The lowest BCUT2D eigenvalue weighted by molar-refractivity contribution is -0.175. The van der Waals surface area contributed by atoms with Crippen molar-refractivity contribution in [3.05, 3.63) is 0 Å². The van der Waals surface area contributed by atoms with E-state index in [0.717, 1.165) is 19.4 Å². The third kappa shape index (κ3) is 6.24. The molecule has 0 bridgehead atoms. The number of ether oxygens (including phenoxy) is 3. The van der Waals surface area contributed by atoms with Gasteiger partial charge in [-0.05, 0) is 26.7 Å². The van der Waals surface area contributed by atoms with Crippen molar-refractivity contribution < 1.29 is 14.2 Å². The van der Waals surface area contributed by atoms with E-state index in [9.17, 15) is 0 Å². The molecule has 19 heavy (non-hydrogen) atoms. The third-order valence-corrected chi connectivity index (χ3v) is 3.64. The van der Waals surface area contributed by atoms with Gasteiger partial charge in [-0.25, -0.2) is 0 Å². The number of hydrogen-bond donors (Lipinski definition) is 0. The lowest BCUT2D eigenvalue weighted by Gasteiger charge is -2.29. The first-order chi connectivity index (χ1) is 9.04. The summed E-state index contributed by atoms with van der Waals surface area (Å²) in [5.41, 5.74) is -0.217. The zero-order valence-electron chi connectivity index (χ0n) is 13.3. The standard InChI is InChI=1S/C16H32O3/c1-5-7-9-11-16(13-17-12-10-8-6-2)14-18-15(3,4)19-16/h5-14H2,1-4H3. The summed E-state index contributed by atoms with van der Waals surface area (Å²) in [7, 11) is 0. The predicted molar refractivity (Wildman–Crippen MR) is 78.3 cm³/mol. The topological polar surface area (TPSA) is 27.7 Å². The fourth-order valence-electron chi connectivity index (χ4n) is 2.56. The SMILES string of the molecule is CCCCCOCC1(CCCCC)COC(C)(C)O1. The van der Waals surface area contributed by atoms with Crippen LogP contribution in [0.2, 0.25) is 0 Å². The van der Waals surface area contributed by atoms with Crippen molar-refractivity contribution in [2.75, 3.05) is 19.8 Å². The molecule has 0 aromatic rings. The number of unbranched alkanes of at least 4 members (excludes halogenated alkanes) is 4. The second-order valence-corrected chi connectivity index (χ2v) is 6.19. The van der Waals surface area contributed by atoms with E-state index in [1.165, 1.54) is 32.1 Å². The first-order valence-electron chi connectivity index (χ1n) is 7.95. The molecule has 1 rings (SSSR count). The van der Waals surface area contributed by atoms with Crippen molar-refractivity contribution in [1.82, 2.24) is 0 Å². The molecule has 0 radical (unpaired) electrons. The highest BCUT2D eigenvalue weighted by molar-refractivity contribution is 4.88. The molecular formula is C16H32O3. The Morgan fingerprint density at radius 1 is 1.00 bits per heavy atom. The molecule has 1 fully saturated rings. The van der Waals surface area contributed by atoms with Gasteiger partial charge in [-0.2, -0.15) is 0 Å². The van der Waals surface area contributed by atoms with Gasteiger partial charge in [0.15, 0.2) is 5.79 Å². The van der Waals surface area contributed by atoms with Crippen LogP contribution in [-0.4, -0.2) is 31.2 Å². The maximum atomic E-state index is 6.14. The summed E-state index contributed by atoms with van der Waals surface area (Å²) >= 11 is 0. The predicted octanol–water partition coefficient (Wildman–Crippen LogP) is 4.30. The minimum atomic E-state index is -0.459. The van der Waals surface area contributed by atoms with Gasteiger partial charge in [0.25, 0.3) is 0 Å². The van der Waals surface area contributed by atoms with Gasteiger partial charge >= 0.3 is 0 Å². The number of rotatable bonds is 10. The minimum Gasteiger partial charge on any atom is -0.378 e. The fraction of sp³-hybridized carbons (Fsp3) is 1.00. The van der Waals surface area contributed by atoms with E-state index in [2.05, 4.69) is 13.8 Å². The van der Waals surface area contributed by atoms with Gasteiger partial charge in [0, 0.05) is 6.61 Å². The van der Waals surface area contributed by atoms with Crippen LogP contribution in [0.3, 0.4) is 0 Å². The van der Waals surface area contributed by atoms with Crippen molar-refractivity contribution >= 4 is 0 Å². The van der Waals surface area contributed by atoms with E-state index in [4.69, 9.17) is 14.2 Å². The Morgan fingerprint density at radius 3 is 2.26 bits per heavy atom. The molecule has 3 nitrogen and oxygen atoms in total. The van der Waals surface area contributed by atoms with Crippen molar-refractivity contribution in [1.29, 1.82) is 0 Å². The van der Waals surface area contributed by atoms with Gasteiger partial charge in [-0.15, -0.1) is 0 Å². The quantitative estimate of drug-likeness (QED) is 0.555. The van der Waals surface area contributed by atoms with Gasteiger partial charge in [-0.3, -0.25) is 0 Å². The fourth-order valence-corrected chi connectivity index (χ4v) is 2.56. The molecule has 0 saturated carbocycles. The summed E-state index contributed by atoms with van der Waals surface area (Å²) in [6.07, 6.45) is 8.33. The normalized spacial score (nSPS) is 25.9. The third-order valence-electron chi connectivity index (χ3n) is 3.64. The highest BCUT2D eigenvalue weighted by atomic mass is 16.8. The molecule has 3 heteroatoms. The Labute approximate surface area is 119 Å². The maximum absolute atomic E-state index is 6.14. The summed E-state index contributed by atoms with van der Waals surface area (Å²) in [4.78, 5) is 0. The Kier molecular flexibility index (Phi) is 7.33. The monoisotopic (exact) mass is 272 g/mol. The lowest BCUT2D eigenvalue weighted by Crippen LogP contribution is -2.39. The summed E-state index contributed by atoms with van der Waals surface area (Å²) in [6.45, 7) is 10.6. The molecule has 1 aliphatic heterocycles. The molecule has 1 heterocycles. The summed E-state index contributed by atoms with van der Waals surface area (Å²) in [5.74, 6) is -0.459. The average Bonchev–Trinajstić information content (AvgIpc) is 2.66. The lowest BCUT2D eigenvalue weighted by atomic mass is 9.98. The molecule has 1 unspecified atom stereocenters. The molecule has 1 saturated heterocycles. The Balaban J connectivity index is 2.37. The highest BCUT2D eigenvalue weighted by Gasteiger charge is 2.45. The molecular weight excluding hydrogens is 240 g/mol. The second-order valence-electron chi connectivity index (χ2n) is 6.19. The maximum Gasteiger partial charge on any atom is 0.163 e. The Hall–Kier alpha value is -0.120. The van der Waals surface area contributed by atoms with Crippen molar-refractivity contribution in [3.63, 3.8) is 0 Å². The molecule has 0 N–H and O–H groups in total. The van der Waals surface area contributed by atoms with Crippen LogP contribution in [0.4, 0.5) is 0 Å². The van der Waals surface area contributed by atoms with Crippen molar-refractivity contribution in [2.24, 2.45) is 0 Å². The van der Waals surface area contributed by atoms with E-state index in [-0.39, 0.29) is 5.60 Å². The van der Waals surface area contributed by atoms with Gasteiger partial charge in [0.2, 0.25) is 0 Å². The minimum absolute atomic E-state index is 0.217. The van der Waals surface area contributed by atoms with E-state index in [1.807, 2.05) is 13.8 Å². The largest absolute Gasteiger partial charge is 0.378 e. The molecule has 1 aliphatic rings. The van der Waals surface area contributed by atoms with Crippen molar-refractivity contribution in [3.8, 4) is 0 Å². The molecule has 0 aromatic heterocycles.